The van der Waals surface area contributed by atoms with Gasteiger partial charge in [-0.25, -0.2) is 4.99 Å². The predicted octanol–water partition coefficient (Wildman–Crippen LogP) is 4.13. The molecule has 4 nitrogen and oxygen atoms in total. The van der Waals surface area contributed by atoms with Gasteiger partial charge in [0.2, 0.25) is 0 Å². The van der Waals surface area contributed by atoms with E-state index in [-0.39, 0.29) is 0 Å². The number of nitrogens with zero attached hydrogens (tertiary/aromatic N) is 1. The summed E-state index contributed by atoms with van der Waals surface area (Å²) in [6.07, 6.45) is 0.973. The Labute approximate surface area is 158 Å². The highest BCUT2D eigenvalue weighted by molar-refractivity contribution is 7.12. The number of methoxy groups -OCH3 is 1. The summed E-state index contributed by atoms with van der Waals surface area (Å²) in [5, 5.41) is 5.47. The van der Waals surface area contributed by atoms with Crippen molar-refractivity contribution in [3.05, 3.63) is 82.0 Å². The molecule has 0 unspecified atom stereocenters. The summed E-state index contributed by atoms with van der Waals surface area (Å²) in [5.41, 5.74) is 9.43. The quantitative estimate of drug-likeness (QED) is 0.358. The van der Waals surface area contributed by atoms with Crippen molar-refractivity contribution in [1.29, 1.82) is 0 Å². The van der Waals surface area contributed by atoms with Gasteiger partial charge in [0.05, 0.1) is 17.7 Å². The van der Waals surface area contributed by atoms with Gasteiger partial charge in [-0.05, 0) is 59.8 Å². The molecule has 3 rings (SSSR count). The van der Waals surface area contributed by atoms with E-state index in [1.165, 1.54) is 11.1 Å². The van der Waals surface area contributed by atoms with E-state index in [2.05, 4.69) is 34.6 Å². The van der Waals surface area contributed by atoms with Crippen LogP contribution < -0.4 is 15.8 Å². The molecular formula is C21H23N3OS. The van der Waals surface area contributed by atoms with Crippen LogP contribution in [0.2, 0.25) is 0 Å². The molecular weight excluding hydrogens is 342 g/mol. The maximum atomic E-state index is 6.02. The van der Waals surface area contributed by atoms with Gasteiger partial charge in [0.25, 0.3) is 0 Å². The number of benzene rings is 2. The van der Waals surface area contributed by atoms with Crippen LogP contribution in [0.15, 0.2) is 71.0 Å². The van der Waals surface area contributed by atoms with E-state index in [1.807, 2.05) is 41.8 Å². The summed E-state index contributed by atoms with van der Waals surface area (Å²) in [6.45, 7) is 1.77. The van der Waals surface area contributed by atoms with Crippen LogP contribution in [0.1, 0.15) is 16.0 Å². The smallest absolute Gasteiger partial charge is 0.141 e. The van der Waals surface area contributed by atoms with E-state index in [4.69, 9.17) is 10.5 Å². The Morgan fingerprint density at radius 3 is 2.42 bits per heavy atom. The third-order valence-electron chi connectivity index (χ3n) is 4.04. The Morgan fingerprint density at radius 1 is 1.04 bits per heavy atom. The fraction of sp³-hybridized carbons (Fsp3) is 0.190. The molecule has 0 aliphatic carbocycles. The van der Waals surface area contributed by atoms with E-state index in [0.717, 1.165) is 35.8 Å². The van der Waals surface area contributed by atoms with Gasteiger partial charge in [0, 0.05) is 6.54 Å². The van der Waals surface area contributed by atoms with E-state index in [1.54, 1.807) is 18.4 Å². The predicted molar refractivity (Wildman–Crippen MR) is 110 cm³/mol. The average Bonchev–Trinajstić information content (AvgIpc) is 3.22. The lowest BCUT2D eigenvalue weighted by Crippen LogP contribution is -2.16. The van der Waals surface area contributed by atoms with Gasteiger partial charge >= 0.3 is 0 Å². The second kappa shape index (κ2) is 9.17. The number of amidine groups is 1. The van der Waals surface area contributed by atoms with E-state index in [9.17, 15) is 0 Å². The van der Waals surface area contributed by atoms with Gasteiger partial charge in [0.1, 0.15) is 11.6 Å². The molecule has 0 fully saturated rings. The molecule has 0 spiro atoms. The van der Waals surface area contributed by atoms with Crippen LogP contribution in [0.25, 0.3) is 0 Å². The van der Waals surface area contributed by atoms with Crippen LogP contribution in [-0.2, 0) is 13.0 Å². The van der Waals surface area contributed by atoms with Crippen molar-refractivity contribution in [3.63, 3.8) is 0 Å². The molecule has 134 valence electrons. The van der Waals surface area contributed by atoms with Crippen LogP contribution >= 0.6 is 11.3 Å². The maximum absolute atomic E-state index is 6.02. The number of rotatable bonds is 8. The SMILES string of the molecule is COc1ccc(CNCCc2ccc(N=C(N)c3cccs3)cc2)cc1. The Morgan fingerprint density at radius 2 is 1.77 bits per heavy atom. The summed E-state index contributed by atoms with van der Waals surface area (Å²) in [7, 11) is 1.68. The Kier molecular flexibility index (Phi) is 6.41. The molecule has 3 N–H and O–H groups in total. The fourth-order valence-corrected chi connectivity index (χ4v) is 3.19. The molecule has 1 heterocycles. The molecule has 26 heavy (non-hydrogen) atoms. The van der Waals surface area contributed by atoms with E-state index < -0.39 is 0 Å². The molecule has 1 aromatic heterocycles. The summed E-state index contributed by atoms with van der Waals surface area (Å²) < 4.78 is 5.17. The van der Waals surface area contributed by atoms with Crippen molar-refractivity contribution in [2.75, 3.05) is 13.7 Å². The number of nitrogens with one attached hydrogen (secondary N) is 1. The number of nitrogens with two attached hydrogens (primary N) is 1. The molecule has 0 aliphatic heterocycles. The van der Waals surface area contributed by atoms with Crippen molar-refractivity contribution in [3.8, 4) is 5.75 Å². The summed E-state index contributed by atoms with van der Waals surface area (Å²) in [4.78, 5) is 5.47. The summed E-state index contributed by atoms with van der Waals surface area (Å²) >= 11 is 1.60. The van der Waals surface area contributed by atoms with E-state index in [0.29, 0.717) is 5.84 Å². The van der Waals surface area contributed by atoms with Crippen molar-refractivity contribution in [2.45, 2.75) is 13.0 Å². The zero-order valence-corrected chi connectivity index (χ0v) is 15.6. The Balaban J connectivity index is 1.46. The molecule has 5 heteroatoms. The molecule has 0 atom stereocenters. The first-order chi connectivity index (χ1) is 12.7. The molecule has 2 aromatic carbocycles. The molecule has 0 saturated heterocycles. The summed E-state index contributed by atoms with van der Waals surface area (Å²) in [6, 6.07) is 20.3. The number of aliphatic imine (C=N–C) groups is 1. The van der Waals surface area contributed by atoms with Crippen LogP contribution in [0.3, 0.4) is 0 Å². The van der Waals surface area contributed by atoms with Crippen LogP contribution in [0.5, 0.6) is 5.75 Å². The monoisotopic (exact) mass is 365 g/mol. The number of hydrogen-bond acceptors (Lipinski definition) is 4. The van der Waals surface area contributed by atoms with Crippen LogP contribution in [-0.4, -0.2) is 19.5 Å². The first-order valence-corrected chi connectivity index (χ1v) is 9.43. The molecule has 3 aromatic rings. The van der Waals surface area contributed by atoms with Crippen LogP contribution in [0, 0.1) is 0 Å². The molecule has 0 saturated carbocycles. The highest BCUT2D eigenvalue weighted by Gasteiger charge is 2.00. The number of thiophene rings is 1. The standard InChI is InChI=1S/C21H23N3OS/c1-25-19-10-6-17(7-11-19)15-23-13-12-16-4-8-18(9-5-16)24-21(22)20-3-2-14-26-20/h2-11,14,23H,12-13,15H2,1H3,(H2,22,24). The highest BCUT2D eigenvalue weighted by Crippen LogP contribution is 2.16. The van der Waals surface area contributed by atoms with Crippen LogP contribution in [0.4, 0.5) is 5.69 Å². The fourth-order valence-electron chi connectivity index (χ4n) is 2.56. The van der Waals surface area contributed by atoms with Gasteiger partial charge < -0.3 is 15.8 Å². The van der Waals surface area contributed by atoms with Gasteiger partial charge in [0.15, 0.2) is 0 Å². The van der Waals surface area contributed by atoms with Crippen molar-refractivity contribution in [2.24, 2.45) is 10.7 Å². The lowest BCUT2D eigenvalue weighted by Gasteiger charge is -2.07. The zero-order valence-electron chi connectivity index (χ0n) is 14.8. The first kappa shape index (κ1) is 18.2. The maximum Gasteiger partial charge on any atom is 0.141 e. The molecule has 0 aliphatic rings. The topological polar surface area (TPSA) is 59.6 Å². The highest BCUT2D eigenvalue weighted by atomic mass is 32.1. The minimum absolute atomic E-state index is 0.564. The molecule has 0 amide bonds. The van der Waals surface area contributed by atoms with Gasteiger partial charge in [-0.3, -0.25) is 0 Å². The largest absolute Gasteiger partial charge is 0.497 e. The lowest BCUT2D eigenvalue weighted by atomic mass is 10.1. The minimum Gasteiger partial charge on any atom is -0.497 e. The normalized spacial score (nSPS) is 11.5. The summed E-state index contributed by atoms with van der Waals surface area (Å²) in [5.74, 6) is 1.45. The lowest BCUT2D eigenvalue weighted by molar-refractivity contribution is 0.414. The average molecular weight is 366 g/mol. The van der Waals surface area contributed by atoms with E-state index >= 15 is 0 Å². The number of ether oxygens (including phenoxy) is 1. The molecule has 0 bridgehead atoms. The second-order valence-corrected chi connectivity index (χ2v) is 6.86. The second-order valence-electron chi connectivity index (χ2n) is 5.92. The van der Waals surface area contributed by atoms with Gasteiger partial charge in [-0.1, -0.05) is 30.3 Å². The third-order valence-corrected chi connectivity index (χ3v) is 4.93. The zero-order chi connectivity index (χ0) is 18.2. The number of hydrogen-bond donors (Lipinski definition) is 2. The van der Waals surface area contributed by atoms with Gasteiger partial charge in [-0.15, -0.1) is 11.3 Å². The minimum atomic E-state index is 0.564. The first-order valence-electron chi connectivity index (χ1n) is 8.55. The van der Waals surface area contributed by atoms with Crippen molar-refractivity contribution >= 4 is 22.9 Å². The van der Waals surface area contributed by atoms with Crippen molar-refractivity contribution < 1.29 is 4.74 Å². The van der Waals surface area contributed by atoms with Gasteiger partial charge in [-0.2, -0.15) is 0 Å². The van der Waals surface area contributed by atoms with Crippen molar-refractivity contribution in [1.82, 2.24) is 5.32 Å². The Bertz CT molecular complexity index is 825. The third kappa shape index (κ3) is 5.18. The molecule has 0 radical (unpaired) electrons. The Hall–Kier alpha value is -2.63.